The SMILES string of the molecule is COc1ccc(C(=O)[C@@H]2[C@H](C(=O)c3ccc(F)cc3)[C@@]3(C(=O)Nc4ccccc43)[C@H]3c4ccccc4C=CN23)cc1Br. The smallest absolute Gasteiger partial charge is 0.238 e. The summed E-state index contributed by atoms with van der Waals surface area (Å²) in [4.78, 5) is 45.7. The molecule has 7 rings (SSSR count). The lowest BCUT2D eigenvalue weighted by molar-refractivity contribution is -0.122. The van der Waals surface area contributed by atoms with Crippen LogP contribution in [0.3, 0.4) is 0 Å². The molecule has 3 heterocycles. The molecule has 6 nitrogen and oxygen atoms in total. The summed E-state index contributed by atoms with van der Waals surface area (Å²) in [7, 11) is 1.54. The number of nitrogens with zero attached hydrogens (tertiary/aromatic N) is 1. The molecule has 1 amide bonds. The minimum atomic E-state index is -1.45. The van der Waals surface area contributed by atoms with Gasteiger partial charge in [0, 0.05) is 23.0 Å². The number of methoxy groups -OCH3 is 1. The number of amides is 1. The Labute approximate surface area is 249 Å². The fraction of sp³-hybridized carbons (Fsp3) is 0.147. The Morgan fingerprint density at radius 3 is 2.40 bits per heavy atom. The number of fused-ring (bicyclic) bond motifs is 6. The van der Waals surface area contributed by atoms with E-state index in [9.17, 15) is 18.8 Å². The molecule has 0 radical (unpaired) electrons. The lowest BCUT2D eigenvalue weighted by Gasteiger charge is -2.38. The molecule has 0 saturated carbocycles. The van der Waals surface area contributed by atoms with Gasteiger partial charge in [0.1, 0.15) is 23.0 Å². The predicted octanol–water partition coefficient (Wildman–Crippen LogP) is 6.58. The highest BCUT2D eigenvalue weighted by atomic mass is 79.9. The fourth-order valence-corrected chi connectivity index (χ4v) is 7.49. The second kappa shape index (κ2) is 9.77. The maximum absolute atomic E-state index is 14.7. The van der Waals surface area contributed by atoms with Crippen molar-refractivity contribution < 1.29 is 23.5 Å². The summed E-state index contributed by atoms with van der Waals surface area (Å²) in [5, 5.41) is 3.03. The molecule has 1 fully saturated rings. The Morgan fingerprint density at radius 1 is 0.929 bits per heavy atom. The number of ketones is 2. The molecule has 4 aromatic rings. The van der Waals surface area contributed by atoms with E-state index in [4.69, 9.17) is 4.74 Å². The standard InChI is InChI=1S/C34H24BrFN2O4/c1-42-27-15-12-21(18-25(27)35)31(40)29-28(30(39)20-10-13-22(36)14-11-20)34(24-8-4-5-9-26(24)37-33(34)41)32-23-7-3-2-6-19(23)16-17-38(29)32/h2-18,28-29,32H,1H3,(H,37,41)/t28-,29+,32-,34-/m1/s1. The van der Waals surface area contributed by atoms with E-state index in [-0.39, 0.29) is 17.3 Å². The highest BCUT2D eigenvalue weighted by Crippen LogP contribution is 2.62. The molecule has 4 aromatic carbocycles. The van der Waals surface area contributed by atoms with Crippen molar-refractivity contribution in [1.82, 2.24) is 4.90 Å². The summed E-state index contributed by atoms with van der Waals surface area (Å²) in [6, 6.07) is 23.6. The van der Waals surface area contributed by atoms with Gasteiger partial charge in [-0.2, -0.15) is 0 Å². The van der Waals surface area contributed by atoms with Gasteiger partial charge in [-0.15, -0.1) is 0 Å². The van der Waals surface area contributed by atoms with Crippen LogP contribution in [0.2, 0.25) is 0 Å². The molecule has 3 aliphatic rings. The Kier molecular flexibility index (Phi) is 6.13. The second-order valence-corrected chi connectivity index (χ2v) is 11.5. The number of benzene rings is 4. The van der Waals surface area contributed by atoms with Crippen LogP contribution in [0.15, 0.2) is 102 Å². The molecule has 0 bridgehead atoms. The molecule has 208 valence electrons. The number of carbonyl (C=O) groups is 3. The zero-order valence-electron chi connectivity index (χ0n) is 22.4. The van der Waals surface area contributed by atoms with Crippen molar-refractivity contribution >= 4 is 45.2 Å². The number of halogens is 2. The molecule has 1 spiro atoms. The first-order valence-corrected chi connectivity index (χ1v) is 14.3. The largest absolute Gasteiger partial charge is 0.496 e. The topological polar surface area (TPSA) is 75.7 Å². The Morgan fingerprint density at radius 2 is 1.64 bits per heavy atom. The van der Waals surface area contributed by atoms with Crippen molar-refractivity contribution in [3.8, 4) is 5.75 Å². The molecule has 0 aromatic heterocycles. The quantitative estimate of drug-likeness (QED) is 0.255. The van der Waals surface area contributed by atoms with E-state index >= 15 is 0 Å². The van der Waals surface area contributed by atoms with Crippen molar-refractivity contribution in [2.45, 2.75) is 17.5 Å². The van der Waals surface area contributed by atoms with Crippen LogP contribution in [-0.2, 0) is 10.2 Å². The number of anilines is 1. The van der Waals surface area contributed by atoms with Gasteiger partial charge in [-0.1, -0.05) is 42.5 Å². The van der Waals surface area contributed by atoms with Gasteiger partial charge < -0.3 is 15.0 Å². The van der Waals surface area contributed by atoms with Gasteiger partial charge in [0.2, 0.25) is 5.91 Å². The van der Waals surface area contributed by atoms with E-state index in [1.54, 1.807) is 18.2 Å². The predicted molar refractivity (Wildman–Crippen MR) is 160 cm³/mol. The molecule has 0 aliphatic carbocycles. The van der Waals surface area contributed by atoms with Crippen LogP contribution >= 0.6 is 15.9 Å². The lowest BCUT2D eigenvalue weighted by Crippen LogP contribution is -2.49. The van der Waals surface area contributed by atoms with Crippen molar-refractivity contribution in [3.63, 3.8) is 0 Å². The summed E-state index contributed by atoms with van der Waals surface area (Å²) in [5.41, 5.74) is 2.14. The summed E-state index contributed by atoms with van der Waals surface area (Å²) >= 11 is 3.48. The Bertz CT molecular complexity index is 1820. The van der Waals surface area contributed by atoms with Crippen LogP contribution in [0.25, 0.3) is 6.08 Å². The third-order valence-electron chi connectivity index (χ3n) is 8.69. The number of hydrogen-bond acceptors (Lipinski definition) is 5. The molecule has 3 aliphatic heterocycles. The van der Waals surface area contributed by atoms with Gasteiger partial charge in [-0.05, 0) is 87.2 Å². The number of hydrogen-bond donors (Lipinski definition) is 1. The number of ether oxygens (including phenoxy) is 1. The summed E-state index contributed by atoms with van der Waals surface area (Å²) in [6.07, 6.45) is 3.73. The van der Waals surface area contributed by atoms with Crippen molar-refractivity contribution in [1.29, 1.82) is 0 Å². The van der Waals surface area contributed by atoms with Crippen molar-refractivity contribution in [2.75, 3.05) is 12.4 Å². The van der Waals surface area contributed by atoms with E-state index in [1.807, 2.05) is 65.7 Å². The summed E-state index contributed by atoms with van der Waals surface area (Å²) in [5.74, 6) is -2.14. The number of carbonyl (C=O) groups excluding carboxylic acids is 3. The minimum absolute atomic E-state index is 0.226. The Hall–Kier alpha value is -4.56. The molecular formula is C34H24BrFN2O4. The van der Waals surface area contributed by atoms with Crippen LogP contribution in [0, 0.1) is 11.7 Å². The van der Waals surface area contributed by atoms with Gasteiger partial charge >= 0.3 is 0 Å². The number of rotatable bonds is 5. The van der Waals surface area contributed by atoms with Gasteiger partial charge in [0.05, 0.1) is 23.5 Å². The van der Waals surface area contributed by atoms with E-state index in [1.165, 1.54) is 31.4 Å². The average molecular weight is 623 g/mol. The van der Waals surface area contributed by atoms with E-state index in [0.29, 0.717) is 27.0 Å². The van der Waals surface area contributed by atoms with E-state index in [2.05, 4.69) is 21.2 Å². The first-order valence-electron chi connectivity index (χ1n) is 13.5. The van der Waals surface area contributed by atoms with Crippen molar-refractivity contribution in [2.24, 2.45) is 5.92 Å². The highest BCUT2D eigenvalue weighted by molar-refractivity contribution is 9.10. The number of nitrogens with one attached hydrogen (secondary N) is 1. The number of Topliss-reactive ketones (excluding diaryl/α,β-unsaturated/α-hetero) is 2. The molecule has 42 heavy (non-hydrogen) atoms. The molecule has 1 N–H and O–H groups in total. The highest BCUT2D eigenvalue weighted by Gasteiger charge is 2.70. The second-order valence-electron chi connectivity index (χ2n) is 10.7. The maximum atomic E-state index is 14.7. The van der Waals surface area contributed by atoms with Gasteiger partial charge in [0.15, 0.2) is 11.6 Å². The monoisotopic (exact) mass is 622 g/mol. The normalized spacial score (nSPS) is 23.3. The molecule has 0 unspecified atom stereocenters. The maximum Gasteiger partial charge on any atom is 0.238 e. The molecular weight excluding hydrogens is 599 g/mol. The summed E-state index contributed by atoms with van der Waals surface area (Å²) < 4.78 is 19.9. The molecule has 1 saturated heterocycles. The van der Waals surface area contributed by atoms with Gasteiger partial charge in [-0.25, -0.2) is 4.39 Å². The Balaban J connectivity index is 1.52. The van der Waals surface area contributed by atoms with E-state index < -0.39 is 35.0 Å². The van der Waals surface area contributed by atoms with Gasteiger partial charge in [-0.3, -0.25) is 14.4 Å². The van der Waals surface area contributed by atoms with Crippen LogP contribution in [0.5, 0.6) is 5.75 Å². The van der Waals surface area contributed by atoms with E-state index in [0.717, 1.165) is 11.1 Å². The van der Waals surface area contributed by atoms with Crippen LogP contribution in [0.1, 0.15) is 43.4 Å². The molecule has 4 atom stereocenters. The first kappa shape index (κ1) is 26.3. The van der Waals surface area contributed by atoms with Gasteiger partial charge in [0.25, 0.3) is 0 Å². The van der Waals surface area contributed by atoms with Crippen LogP contribution in [-0.4, -0.2) is 35.5 Å². The third kappa shape index (κ3) is 3.64. The minimum Gasteiger partial charge on any atom is -0.496 e. The fourth-order valence-electron chi connectivity index (χ4n) is 6.95. The van der Waals surface area contributed by atoms with Crippen LogP contribution in [0.4, 0.5) is 10.1 Å². The number of para-hydroxylation sites is 1. The average Bonchev–Trinajstić information content (AvgIpc) is 3.49. The zero-order chi connectivity index (χ0) is 29.2. The summed E-state index contributed by atoms with van der Waals surface area (Å²) in [6.45, 7) is 0. The van der Waals surface area contributed by atoms with Crippen LogP contribution < -0.4 is 10.1 Å². The molecule has 8 heteroatoms. The van der Waals surface area contributed by atoms with Crippen molar-refractivity contribution in [3.05, 3.63) is 135 Å². The lowest BCUT2D eigenvalue weighted by atomic mass is 9.62. The third-order valence-corrected chi connectivity index (χ3v) is 9.31. The first-order chi connectivity index (χ1) is 20.4. The zero-order valence-corrected chi connectivity index (χ0v) is 24.0.